The second-order valence-electron chi connectivity index (χ2n) is 4.24. The predicted molar refractivity (Wildman–Crippen MR) is 78.9 cm³/mol. The van der Waals surface area contributed by atoms with E-state index in [1.807, 2.05) is 0 Å². The van der Waals surface area contributed by atoms with Crippen LogP contribution >= 0.6 is 35.0 Å². The van der Waals surface area contributed by atoms with Crippen LogP contribution in [0.25, 0.3) is 0 Å². The zero-order valence-corrected chi connectivity index (χ0v) is 12.2. The first-order chi connectivity index (χ1) is 7.24. The molecular formula is C12H18ClIN2. The molecule has 2 rings (SSSR count). The van der Waals surface area contributed by atoms with E-state index in [9.17, 15) is 0 Å². The smallest absolute Gasteiger partial charge is 0.0233 e. The summed E-state index contributed by atoms with van der Waals surface area (Å²) < 4.78 is 1.30. The minimum atomic E-state index is 0. The molecule has 0 spiro atoms. The van der Waals surface area contributed by atoms with Gasteiger partial charge in [-0.05, 0) is 66.2 Å². The van der Waals surface area contributed by atoms with Gasteiger partial charge in [-0.25, -0.2) is 0 Å². The molecule has 1 aliphatic heterocycles. The molecule has 1 heterocycles. The number of halogens is 2. The van der Waals surface area contributed by atoms with Crippen molar-refractivity contribution in [3.05, 3.63) is 33.4 Å². The zero-order valence-electron chi connectivity index (χ0n) is 9.23. The summed E-state index contributed by atoms with van der Waals surface area (Å²) in [6.07, 6.45) is 2.29. The van der Waals surface area contributed by atoms with Crippen LogP contribution in [0.5, 0.6) is 0 Å². The van der Waals surface area contributed by atoms with E-state index in [0.717, 1.165) is 32.5 Å². The van der Waals surface area contributed by atoms with Crippen molar-refractivity contribution in [2.24, 2.45) is 5.73 Å². The zero-order chi connectivity index (χ0) is 10.7. The molecule has 0 atom stereocenters. The van der Waals surface area contributed by atoms with Gasteiger partial charge in [0.25, 0.3) is 0 Å². The van der Waals surface area contributed by atoms with E-state index in [4.69, 9.17) is 5.73 Å². The molecule has 1 fully saturated rings. The summed E-state index contributed by atoms with van der Waals surface area (Å²) >= 11 is 2.34. The third-order valence-electron chi connectivity index (χ3n) is 2.95. The standard InChI is InChI=1S/C12H17IN2.ClH/c13-11-3-1-10(2-4-11)9-15-7-5-12(14)6-8-15;/h1-4,12H,5-9,14H2;1H. The number of nitrogens with two attached hydrogens (primary N) is 1. The maximum absolute atomic E-state index is 5.88. The number of likely N-dealkylation sites (tertiary alicyclic amines) is 1. The molecule has 0 aliphatic carbocycles. The van der Waals surface area contributed by atoms with Gasteiger partial charge in [0.1, 0.15) is 0 Å². The number of nitrogens with zero attached hydrogens (tertiary/aromatic N) is 1. The SMILES string of the molecule is Cl.NC1CCN(Cc2ccc(I)cc2)CC1. The topological polar surface area (TPSA) is 29.3 Å². The fourth-order valence-corrected chi connectivity index (χ4v) is 2.32. The number of hydrogen-bond donors (Lipinski definition) is 1. The van der Waals surface area contributed by atoms with Gasteiger partial charge >= 0.3 is 0 Å². The normalized spacial score (nSPS) is 18.1. The first-order valence-corrected chi connectivity index (χ1v) is 6.54. The lowest BCUT2D eigenvalue weighted by molar-refractivity contribution is 0.205. The van der Waals surface area contributed by atoms with Crippen LogP contribution in [-0.2, 0) is 6.54 Å². The Hall–Kier alpha value is 0.160. The highest BCUT2D eigenvalue weighted by Crippen LogP contribution is 2.13. The molecule has 1 saturated heterocycles. The highest BCUT2D eigenvalue weighted by molar-refractivity contribution is 14.1. The monoisotopic (exact) mass is 352 g/mol. The average molecular weight is 353 g/mol. The highest BCUT2D eigenvalue weighted by Gasteiger charge is 2.15. The lowest BCUT2D eigenvalue weighted by Crippen LogP contribution is -2.39. The van der Waals surface area contributed by atoms with Crippen molar-refractivity contribution in [3.63, 3.8) is 0 Å². The summed E-state index contributed by atoms with van der Waals surface area (Å²) in [4.78, 5) is 2.49. The van der Waals surface area contributed by atoms with Crippen LogP contribution in [0.4, 0.5) is 0 Å². The first kappa shape index (κ1) is 14.2. The average Bonchev–Trinajstić information content (AvgIpc) is 2.25. The summed E-state index contributed by atoms with van der Waals surface area (Å²) in [6.45, 7) is 3.37. The van der Waals surface area contributed by atoms with Crippen LogP contribution in [0.3, 0.4) is 0 Å². The van der Waals surface area contributed by atoms with Crippen molar-refractivity contribution < 1.29 is 0 Å². The molecule has 4 heteroatoms. The Labute approximate surface area is 117 Å². The second kappa shape index (κ2) is 6.79. The minimum absolute atomic E-state index is 0. The summed E-state index contributed by atoms with van der Waals surface area (Å²) in [5, 5.41) is 0. The van der Waals surface area contributed by atoms with Crippen molar-refractivity contribution in [2.45, 2.75) is 25.4 Å². The van der Waals surface area contributed by atoms with Gasteiger partial charge in [-0.15, -0.1) is 12.4 Å². The van der Waals surface area contributed by atoms with Gasteiger partial charge in [-0.3, -0.25) is 4.90 Å². The Morgan fingerprint density at radius 3 is 2.31 bits per heavy atom. The number of piperidine rings is 1. The second-order valence-corrected chi connectivity index (χ2v) is 5.49. The summed E-state index contributed by atoms with van der Waals surface area (Å²) in [6, 6.07) is 9.21. The summed E-state index contributed by atoms with van der Waals surface area (Å²) in [7, 11) is 0. The van der Waals surface area contributed by atoms with Crippen molar-refractivity contribution >= 4 is 35.0 Å². The molecule has 1 aromatic rings. The van der Waals surface area contributed by atoms with Crippen LogP contribution in [0.15, 0.2) is 24.3 Å². The largest absolute Gasteiger partial charge is 0.328 e. The molecule has 2 N–H and O–H groups in total. The lowest BCUT2D eigenvalue weighted by atomic mass is 10.1. The Morgan fingerprint density at radius 1 is 1.19 bits per heavy atom. The van der Waals surface area contributed by atoms with E-state index in [1.165, 1.54) is 9.13 Å². The van der Waals surface area contributed by atoms with Crippen LogP contribution in [0.1, 0.15) is 18.4 Å². The molecule has 0 amide bonds. The van der Waals surface area contributed by atoms with Crippen LogP contribution < -0.4 is 5.73 Å². The van der Waals surface area contributed by atoms with E-state index < -0.39 is 0 Å². The molecule has 0 saturated carbocycles. The van der Waals surface area contributed by atoms with E-state index in [0.29, 0.717) is 6.04 Å². The molecule has 1 aliphatic rings. The molecule has 0 unspecified atom stereocenters. The number of hydrogen-bond acceptors (Lipinski definition) is 2. The fourth-order valence-electron chi connectivity index (χ4n) is 1.96. The molecule has 0 aromatic heterocycles. The van der Waals surface area contributed by atoms with E-state index in [2.05, 4.69) is 51.8 Å². The van der Waals surface area contributed by atoms with Gasteiger partial charge in [0.15, 0.2) is 0 Å². The first-order valence-electron chi connectivity index (χ1n) is 5.46. The van der Waals surface area contributed by atoms with Crippen molar-refractivity contribution in [2.75, 3.05) is 13.1 Å². The van der Waals surface area contributed by atoms with Crippen molar-refractivity contribution in [1.82, 2.24) is 4.90 Å². The maximum atomic E-state index is 5.88. The van der Waals surface area contributed by atoms with Gasteiger partial charge < -0.3 is 5.73 Å². The molecule has 0 radical (unpaired) electrons. The van der Waals surface area contributed by atoms with E-state index in [-0.39, 0.29) is 12.4 Å². The van der Waals surface area contributed by atoms with Gasteiger partial charge in [0, 0.05) is 16.2 Å². The summed E-state index contributed by atoms with van der Waals surface area (Å²) in [5.74, 6) is 0. The van der Waals surface area contributed by atoms with Crippen molar-refractivity contribution in [3.8, 4) is 0 Å². The molecule has 1 aromatic carbocycles. The quantitative estimate of drug-likeness (QED) is 0.829. The lowest BCUT2D eigenvalue weighted by Gasteiger charge is -2.30. The maximum Gasteiger partial charge on any atom is 0.0233 e. The van der Waals surface area contributed by atoms with Crippen LogP contribution in [-0.4, -0.2) is 24.0 Å². The van der Waals surface area contributed by atoms with Crippen LogP contribution in [0.2, 0.25) is 0 Å². The molecular weight excluding hydrogens is 335 g/mol. The fraction of sp³-hybridized carbons (Fsp3) is 0.500. The Kier molecular flexibility index (Phi) is 6.03. The number of benzene rings is 1. The highest BCUT2D eigenvalue weighted by atomic mass is 127. The predicted octanol–water partition coefficient (Wildman–Crippen LogP) is 2.64. The molecule has 16 heavy (non-hydrogen) atoms. The van der Waals surface area contributed by atoms with Gasteiger partial charge in [-0.1, -0.05) is 12.1 Å². The Balaban J connectivity index is 0.00000128. The van der Waals surface area contributed by atoms with Gasteiger partial charge in [0.2, 0.25) is 0 Å². The summed E-state index contributed by atoms with van der Waals surface area (Å²) in [5.41, 5.74) is 7.29. The van der Waals surface area contributed by atoms with Crippen molar-refractivity contribution in [1.29, 1.82) is 0 Å². The number of rotatable bonds is 2. The Bertz CT molecular complexity index is 307. The van der Waals surface area contributed by atoms with Gasteiger partial charge in [-0.2, -0.15) is 0 Å². The molecule has 2 nitrogen and oxygen atoms in total. The van der Waals surface area contributed by atoms with Crippen LogP contribution in [0, 0.1) is 3.57 Å². The molecule has 90 valence electrons. The molecule has 0 bridgehead atoms. The minimum Gasteiger partial charge on any atom is -0.328 e. The van der Waals surface area contributed by atoms with E-state index >= 15 is 0 Å². The van der Waals surface area contributed by atoms with E-state index in [1.54, 1.807) is 0 Å². The van der Waals surface area contributed by atoms with Gasteiger partial charge in [0.05, 0.1) is 0 Å². The third-order valence-corrected chi connectivity index (χ3v) is 3.67. The Morgan fingerprint density at radius 2 is 1.75 bits per heavy atom. The third kappa shape index (κ3) is 4.20.